The van der Waals surface area contributed by atoms with Crippen molar-refractivity contribution in [1.29, 1.82) is 0 Å². The van der Waals surface area contributed by atoms with Crippen molar-refractivity contribution in [2.24, 2.45) is 10.9 Å². The molecule has 178 valence electrons. The molecule has 0 bridgehead atoms. The van der Waals surface area contributed by atoms with Crippen LogP contribution < -0.4 is 5.32 Å². The second-order valence-electron chi connectivity index (χ2n) is 8.93. The molecular weight excluding hydrogens is 517 g/mol. The van der Waals surface area contributed by atoms with Gasteiger partial charge in [0, 0.05) is 59.5 Å². The van der Waals surface area contributed by atoms with E-state index in [9.17, 15) is 4.79 Å². The van der Waals surface area contributed by atoms with Crippen molar-refractivity contribution in [3.63, 3.8) is 0 Å². The lowest BCUT2D eigenvalue weighted by Crippen LogP contribution is -2.55. The smallest absolute Gasteiger partial charge is 0.251 e. The molecule has 1 aromatic rings. The number of rotatable bonds is 6. The lowest BCUT2D eigenvalue weighted by Gasteiger charge is -2.37. The van der Waals surface area contributed by atoms with Crippen LogP contribution in [0.1, 0.15) is 24.8 Å². The van der Waals surface area contributed by atoms with E-state index in [1.807, 2.05) is 11.9 Å². The number of hydrogen-bond donors (Lipinski definition) is 1. The van der Waals surface area contributed by atoms with E-state index in [-0.39, 0.29) is 36.0 Å². The highest BCUT2D eigenvalue weighted by atomic mass is 127. The van der Waals surface area contributed by atoms with Gasteiger partial charge in [0.15, 0.2) is 5.96 Å². The molecule has 0 spiro atoms. The van der Waals surface area contributed by atoms with Crippen molar-refractivity contribution in [3.8, 4) is 0 Å². The van der Waals surface area contributed by atoms with Crippen molar-refractivity contribution >= 4 is 35.8 Å². The monoisotopic (exact) mass is 555 g/mol. The Balaban J connectivity index is 0.00000289. The van der Waals surface area contributed by atoms with E-state index < -0.39 is 0 Å². The van der Waals surface area contributed by atoms with E-state index in [1.54, 1.807) is 0 Å². The van der Waals surface area contributed by atoms with Crippen molar-refractivity contribution < 1.29 is 9.53 Å². The Hall–Kier alpha value is -1.39. The zero-order chi connectivity index (χ0) is 21.5. The number of amides is 1. The number of carbonyl (C=O) groups is 1. The van der Waals surface area contributed by atoms with Crippen molar-refractivity contribution in [2.75, 3.05) is 66.0 Å². The predicted octanol–water partition coefficient (Wildman–Crippen LogP) is 2.07. The van der Waals surface area contributed by atoms with Crippen molar-refractivity contribution in [3.05, 3.63) is 35.9 Å². The summed E-state index contributed by atoms with van der Waals surface area (Å²) in [7, 11) is 1.85. The van der Waals surface area contributed by atoms with Crippen LogP contribution in [0.4, 0.5) is 0 Å². The van der Waals surface area contributed by atoms with Crippen molar-refractivity contribution in [2.45, 2.75) is 31.8 Å². The highest BCUT2D eigenvalue weighted by Crippen LogP contribution is 2.17. The highest BCUT2D eigenvalue weighted by molar-refractivity contribution is 14.0. The van der Waals surface area contributed by atoms with E-state index >= 15 is 0 Å². The number of aliphatic imine (C=N–C) groups is 1. The van der Waals surface area contributed by atoms with Crippen LogP contribution in [0.2, 0.25) is 0 Å². The molecule has 3 heterocycles. The standard InChI is InChI=1S/C24H37N5O2.HI/c1-25-24(29-15-13-28(14-16-29)23(30)22-8-5-17-31-22)26-18-21-10-12-27(19-21)11-9-20-6-3-2-4-7-20;/h2-4,6-7,21-22H,5,8-19H2,1H3,(H,25,26);1H. The number of benzene rings is 1. The van der Waals surface area contributed by atoms with Crippen LogP contribution >= 0.6 is 24.0 Å². The number of hydrogen-bond acceptors (Lipinski definition) is 4. The fourth-order valence-electron chi connectivity index (χ4n) is 4.90. The van der Waals surface area contributed by atoms with Crippen LogP contribution in [0.5, 0.6) is 0 Å². The largest absolute Gasteiger partial charge is 0.368 e. The Morgan fingerprint density at radius 2 is 1.84 bits per heavy atom. The first-order valence-electron chi connectivity index (χ1n) is 11.8. The molecule has 4 rings (SSSR count). The molecule has 1 amide bonds. The Labute approximate surface area is 209 Å². The number of likely N-dealkylation sites (tertiary alicyclic amines) is 1. The Kier molecular flexibility index (Phi) is 10.1. The van der Waals surface area contributed by atoms with Gasteiger partial charge >= 0.3 is 0 Å². The fourth-order valence-corrected chi connectivity index (χ4v) is 4.90. The topological polar surface area (TPSA) is 60.4 Å². The lowest BCUT2D eigenvalue weighted by atomic mass is 10.1. The number of carbonyl (C=O) groups excluding carboxylic acids is 1. The first kappa shape index (κ1) is 25.2. The van der Waals surface area contributed by atoms with Crippen LogP contribution in [0.3, 0.4) is 0 Å². The third-order valence-corrected chi connectivity index (χ3v) is 6.79. The van der Waals surface area contributed by atoms with Gasteiger partial charge in [0.05, 0.1) is 0 Å². The molecular formula is C24H38IN5O2. The highest BCUT2D eigenvalue weighted by Gasteiger charge is 2.31. The van der Waals surface area contributed by atoms with Gasteiger partial charge in [-0.3, -0.25) is 9.79 Å². The summed E-state index contributed by atoms with van der Waals surface area (Å²) in [6.07, 6.45) is 4.01. The normalized spacial score (nSPS) is 24.5. The van der Waals surface area contributed by atoms with Gasteiger partial charge in [-0.25, -0.2) is 0 Å². The Morgan fingerprint density at radius 3 is 2.53 bits per heavy atom. The third kappa shape index (κ3) is 6.81. The number of nitrogens with one attached hydrogen (secondary N) is 1. The number of halogens is 1. The van der Waals surface area contributed by atoms with Gasteiger partial charge < -0.3 is 24.8 Å². The van der Waals surface area contributed by atoms with Gasteiger partial charge in [-0.2, -0.15) is 0 Å². The number of guanidine groups is 1. The summed E-state index contributed by atoms with van der Waals surface area (Å²) >= 11 is 0. The molecule has 3 aliphatic rings. The van der Waals surface area contributed by atoms with Gasteiger partial charge in [0.2, 0.25) is 0 Å². The summed E-state index contributed by atoms with van der Waals surface area (Å²) in [5.74, 6) is 1.79. The molecule has 8 heteroatoms. The minimum absolute atomic E-state index is 0. The summed E-state index contributed by atoms with van der Waals surface area (Å²) in [6.45, 7) is 8.30. The molecule has 3 saturated heterocycles. The third-order valence-electron chi connectivity index (χ3n) is 6.79. The van der Waals surface area contributed by atoms with E-state index in [1.165, 1.54) is 18.5 Å². The molecule has 2 atom stereocenters. The molecule has 32 heavy (non-hydrogen) atoms. The maximum atomic E-state index is 12.6. The molecule has 3 aliphatic heterocycles. The average Bonchev–Trinajstić information content (AvgIpc) is 3.51. The maximum absolute atomic E-state index is 12.6. The Bertz CT molecular complexity index is 733. The van der Waals surface area contributed by atoms with Crippen LogP contribution in [0.15, 0.2) is 35.3 Å². The number of nitrogens with zero attached hydrogens (tertiary/aromatic N) is 4. The zero-order valence-electron chi connectivity index (χ0n) is 19.2. The fraction of sp³-hybridized carbons (Fsp3) is 0.667. The van der Waals surface area contributed by atoms with E-state index in [2.05, 4.69) is 50.4 Å². The molecule has 0 aromatic heterocycles. The Morgan fingerprint density at radius 1 is 1.09 bits per heavy atom. The van der Waals surface area contributed by atoms with Crippen LogP contribution in [-0.2, 0) is 16.0 Å². The van der Waals surface area contributed by atoms with Gasteiger partial charge in [-0.1, -0.05) is 30.3 Å². The molecule has 1 N–H and O–H groups in total. The second kappa shape index (κ2) is 12.7. The molecule has 3 fully saturated rings. The first-order valence-corrected chi connectivity index (χ1v) is 11.8. The second-order valence-corrected chi connectivity index (χ2v) is 8.93. The SMILES string of the molecule is CN=C(NCC1CCN(CCc2ccccc2)C1)N1CCN(C(=O)C2CCCO2)CC1.I. The van der Waals surface area contributed by atoms with Crippen LogP contribution in [0.25, 0.3) is 0 Å². The van der Waals surface area contributed by atoms with Gasteiger partial charge in [0.25, 0.3) is 5.91 Å². The molecule has 0 aliphatic carbocycles. The zero-order valence-corrected chi connectivity index (χ0v) is 21.6. The average molecular weight is 556 g/mol. The number of ether oxygens (including phenoxy) is 1. The minimum Gasteiger partial charge on any atom is -0.368 e. The summed E-state index contributed by atoms with van der Waals surface area (Å²) in [5.41, 5.74) is 1.42. The quantitative estimate of drug-likeness (QED) is 0.331. The van der Waals surface area contributed by atoms with Crippen LogP contribution in [0, 0.1) is 5.92 Å². The van der Waals surface area contributed by atoms with Gasteiger partial charge in [0.1, 0.15) is 6.10 Å². The molecule has 2 unspecified atom stereocenters. The summed E-state index contributed by atoms with van der Waals surface area (Å²) < 4.78 is 5.57. The molecule has 1 aromatic carbocycles. The predicted molar refractivity (Wildman–Crippen MR) is 139 cm³/mol. The maximum Gasteiger partial charge on any atom is 0.251 e. The molecule has 0 radical (unpaired) electrons. The molecule has 0 saturated carbocycles. The van der Waals surface area contributed by atoms with E-state index in [0.717, 1.165) is 77.6 Å². The summed E-state index contributed by atoms with van der Waals surface area (Å²) in [4.78, 5) is 23.9. The summed E-state index contributed by atoms with van der Waals surface area (Å²) in [6, 6.07) is 10.8. The minimum atomic E-state index is -0.212. The molecule has 7 nitrogen and oxygen atoms in total. The van der Waals surface area contributed by atoms with E-state index in [4.69, 9.17) is 4.74 Å². The lowest BCUT2D eigenvalue weighted by molar-refractivity contribution is -0.142. The summed E-state index contributed by atoms with van der Waals surface area (Å²) in [5, 5.41) is 3.60. The van der Waals surface area contributed by atoms with Crippen molar-refractivity contribution in [1.82, 2.24) is 20.0 Å². The first-order chi connectivity index (χ1) is 15.2. The van der Waals surface area contributed by atoms with E-state index in [0.29, 0.717) is 5.92 Å². The van der Waals surface area contributed by atoms with Crippen LogP contribution in [-0.4, -0.2) is 98.7 Å². The number of piperazine rings is 1. The van der Waals surface area contributed by atoms with Gasteiger partial charge in [-0.15, -0.1) is 24.0 Å². The van der Waals surface area contributed by atoms with Gasteiger partial charge in [-0.05, 0) is 43.7 Å².